The fourth-order valence-electron chi connectivity index (χ4n) is 2.74. The highest BCUT2D eigenvalue weighted by molar-refractivity contribution is 5.68. The van der Waals surface area contributed by atoms with Gasteiger partial charge in [-0.1, -0.05) is 61.5 Å². The second-order valence-corrected chi connectivity index (χ2v) is 5.26. The van der Waals surface area contributed by atoms with Crippen molar-refractivity contribution >= 4 is 5.97 Å². The predicted molar refractivity (Wildman–Crippen MR) is 81.0 cm³/mol. The maximum atomic E-state index is 11.2. The lowest BCUT2D eigenvalue weighted by atomic mass is 9.79. The van der Waals surface area contributed by atoms with Crippen molar-refractivity contribution in [1.82, 2.24) is 0 Å². The Hall–Kier alpha value is -2.09. The van der Waals surface area contributed by atoms with E-state index in [-0.39, 0.29) is 18.3 Å². The summed E-state index contributed by atoms with van der Waals surface area (Å²) in [6, 6.07) is 18.2. The minimum atomic E-state index is -0.749. The minimum Gasteiger partial charge on any atom is -0.481 e. The Morgan fingerprint density at radius 2 is 1.65 bits per heavy atom. The molecule has 0 amide bonds. The minimum absolute atomic E-state index is 0.00361. The Morgan fingerprint density at radius 1 is 1.05 bits per heavy atom. The van der Waals surface area contributed by atoms with Crippen LogP contribution in [0.15, 0.2) is 54.6 Å². The molecule has 2 nitrogen and oxygen atoms in total. The van der Waals surface area contributed by atoms with Crippen molar-refractivity contribution in [3.05, 3.63) is 71.3 Å². The zero-order chi connectivity index (χ0) is 14.5. The molecule has 2 aromatic rings. The van der Waals surface area contributed by atoms with E-state index in [1.807, 2.05) is 49.4 Å². The Balaban J connectivity index is 2.38. The number of carboxylic acids is 1. The summed E-state index contributed by atoms with van der Waals surface area (Å²) in [4.78, 5) is 11.2. The van der Waals surface area contributed by atoms with Crippen LogP contribution in [0.3, 0.4) is 0 Å². The number of aryl methyl sites for hydroxylation is 1. The summed E-state index contributed by atoms with van der Waals surface area (Å²) in [5.74, 6) is -0.578. The topological polar surface area (TPSA) is 37.3 Å². The van der Waals surface area contributed by atoms with Gasteiger partial charge in [-0.15, -0.1) is 0 Å². The van der Waals surface area contributed by atoms with Gasteiger partial charge < -0.3 is 5.11 Å². The summed E-state index contributed by atoms with van der Waals surface area (Å²) in [7, 11) is 0. The van der Waals surface area contributed by atoms with Crippen molar-refractivity contribution < 1.29 is 9.90 Å². The first-order valence-electron chi connectivity index (χ1n) is 6.92. The Labute approximate surface area is 120 Å². The van der Waals surface area contributed by atoms with E-state index in [4.69, 9.17) is 0 Å². The second-order valence-electron chi connectivity index (χ2n) is 5.26. The molecule has 1 N–H and O–H groups in total. The molecule has 0 aliphatic heterocycles. The van der Waals surface area contributed by atoms with E-state index >= 15 is 0 Å². The van der Waals surface area contributed by atoms with Crippen molar-refractivity contribution in [3.8, 4) is 0 Å². The summed E-state index contributed by atoms with van der Waals surface area (Å²) in [5.41, 5.74) is 3.47. The second kappa shape index (κ2) is 6.38. The van der Waals surface area contributed by atoms with Crippen LogP contribution < -0.4 is 0 Å². The molecule has 0 aliphatic rings. The number of aliphatic carboxylic acids is 1. The van der Waals surface area contributed by atoms with Gasteiger partial charge in [0.25, 0.3) is 0 Å². The number of benzene rings is 2. The lowest BCUT2D eigenvalue weighted by molar-refractivity contribution is -0.137. The van der Waals surface area contributed by atoms with Gasteiger partial charge in [0.15, 0.2) is 0 Å². The Kier molecular flexibility index (Phi) is 4.57. The lowest BCUT2D eigenvalue weighted by Gasteiger charge is -2.25. The van der Waals surface area contributed by atoms with Crippen LogP contribution in [0.2, 0.25) is 0 Å². The molecule has 2 heteroatoms. The van der Waals surface area contributed by atoms with Crippen LogP contribution in [0.5, 0.6) is 0 Å². The quantitative estimate of drug-likeness (QED) is 0.875. The SMILES string of the molecule is Cc1ccccc1[C@@H](CC(=O)O)[C@H](C)c1ccccc1. The molecule has 0 aromatic heterocycles. The third-order valence-corrected chi connectivity index (χ3v) is 3.91. The summed E-state index contributed by atoms with van der Waals surface area (Å²) < 4.78 is 0. The van der Waals surface area contributed by atoms with E-state index in [1.165, 1.54) is 5.56 Å². The fourth-order valence-corrected chi connectivity index (χ4v) is 2.74. The maximum Gasteiger partial charge on any atom is 0.303 e. The zero-order valence-electron chi connectivity index (χ0n) is 11.9. The molecule has 2 aromatic carbocycles. The number of carboxylic acid groups (broad SMARTS) is 1. The third kappa shape index (κ3) is 3.27. The maximum absolute atomic E-state index is 11.2. The van der Waals surface area contributed by atoms with Gasteiger partial charge >= 0.3 is 5.97 Å². The zero-order valence-corrected chi connectivity index (χ0v) is 11.9. The van der Waals surface area contributed by atoms with Crippen molar-refractivity contribution in [2.45, 2.75) is 32.1 Å². The van der Waals surface area contributed by atoms with Gasteiger partial charge in [0, 0.05) is 5.92 Å². The normalized spacial score (nSPS) is 13.7. The van der Waals surface area contributed by atoms with Gasteiger partial charge in [0.2, 0.25) is 0 Å². The van der Waals surface area contributed by atoms with E-state index in [1.54, 1.807) is 0 Å². The molecular weight excluding hydrogens is 248 g/mol. The van der Waals surface area contributed by atoms with Crippen molar-refractivity contribution in [3.63, 3.8) is 0 Å². The number of hydrogen-bond donors (Lipinski definition) is 1. The Morgan fingerprint density at radius 3 is 2.25 bits per heavy atom. The van der Waals surface area contributed by atoms with E-state index < -0.39 is 5.97 Å². The molecule has 0 fully saturated rings. The molecule has 0 bridgehead atoms. The van der Waals surface area contributed by atoms with Crippen molar-refractivity contribution in [2.24, 2.45) is 0 Å². The molecule has 0 saturated heterocycles. The van der Waals surface area contributed by atoms with Crippen molar-refractivity contribution in [1.29, 1.82) is 0 Å². The first-order chi connectivity index (χ1) is 9.59. The van der Waals surface area contributed by atoms with Gasteiger partial charge in [-0.2, -0.15) is 0 Å². The summed E-state index contributed by atoms with van der Waals surface area (Å²) in [6.45, 7) is 4.15. The van der Waals surface area contributed by atoms with E-state index in [0.29, 0.717) is 0 Å². The first kappa shape index (κ1) is 14.3. The van der Waals surface area contributed by atoms with Gasteiger partial charge in [0.05, 0.1) is 6.42 Å². The average molecular weight is 268 g/mol. The molecule has 2 atom stereocenters. The molecule has 0 heterocycles. The molecule has 0 radical (unpaired) electrons. The van der Waals surface area contributed by atoms with Crippen LogP contribution >= 0.6 is 0 Å². The van der Waals surface area contributed by atoms with Crippen LogP contribution in [0.1, 0.15) is 41.9 Å². The molecule has 0 unspecified atom stereocenters. The summed E-state index contributed by atoms with van der Waals surface area (Å²) in [5, 5.41) is 9.23. The molecule has 0 saturated carbocycles. The van der Waals surface area contributed by atoms with Gasteiger partial charge in [-0.25, -0.2) is 0 Å². The highest BCUT2D eigenvalue weighted by atomic mass is 16.4. The third-order valence-electron chi connectivity index (χ3n) is 3.91. The van der Waals surface area contributed by atoms with Crippen molar-refractivity contribution in [2.75, 3.05) is 0 Å². The smallest absolute Gasteiger partial charge is 0.303 e. The van der Waals surface area contributed by atoms with E-state index in [9.17, 15) is 9.90 Å². The van der Waals surface area contributed by atoms with Crippen LogP contribution in [0, 0.1) is 6.92 Å². The summed E-state index contributed by atoms with van der Waals surface area (Å²) >= 11 is 0. The lowest BCUT2D eigenvalue weighted by Crippen LogP contribution is -2.14. The number of hydrogen-bond acceptors (Lipinski definition) is 1. The number of carbonyl (C=O) groups is 1. The highest BCUT2D eigenvalue weighted by Crippen LogP contribution is 2.36. The highest BCUT2D eigenvalue weighted by Gasteiger charge is 2.24. The van der Waals surface area contributed by atoms with Crippen LogP contribution in [0.25, 0.3) is 0 Å². The van der Waals surface area contributed by atoms with Gasteiger partial charge in [-0.05, 0) is 29.5 Å². The van der Waals surface area contributed by atoms with Gasteiger partial charge in [0.1, 0.15) is 0 Å². The predicted octanol–water partition coefficient (Wildman–Crippen LogP) is 4.36. The monoisotopic (exact) mass is 268 g/mol. The summed E-state index contributed by atoms with van der Waals surface area (Å²) in [6.07, 6.45) is 0.154. The Bertz CT molecular complexity index is 575. The molecule has 0 spiro atoms. The van der Waals surface area contributed by atoms with Crippen LogP contribution in [0.4, 0.5) is 0 Å². The average Bonchev–Trinajstić information content (AvgIpc) is 2.46. The molecule has 104 valence electrons. The molecular formula is C18H20O2. The van der Waals surface area contributed by atoms with Crippen LogP contribution in [-0.2, 0) is 4.79 Å². The fraction of sp³-hybridized carbons (Fsp3) is 0.278. The molecule has 20 heavy (non-hydrogen) atoms. The molecule has 0 aliphatic carbocycles. The molecule has 2 rings (SSSR count). The first-order valence-corrected chi connectivity index (χ1v) is 6.92. The van der Waals surface area contributed by atoms with Gasteiger partial charge in [-0.3, -0.25) is 4.79 Å². The van der Waals surface area contributed by atoms with E-state index in [2.05, 4.69) is 19.1 Å². The number of rotatable bonds is 5. The standard InChI is InChI=1S/C18H20O2/c1-13-8-6-7-11-16(13)17(12-18(19)20)14(2)15-9-4-3-5-10-15/h3-11,14,17H,12H2,1-2H3,(H,19,20)/t14-,17+/m1/s1. The van der Waals surface area contributed by atoms with Crippen LogP contribution in [-0.4, -0.2) is 11.1 Å². The van der Waals surface area contributed by atoms with E-state index in [0.717, 1.165) is 11.1 Å². The largest absolute Gasteiger partial charge is 0.481 e.